The van der Waals surface area contributed by atoms with Crippen LogP contribution in [0.4, 0.5) is 24.7 Å². The van der Waals surface area contributed by atoms with E-state index in [2.05, 4.69) is 20.0 Å². The molecule has 2 aromatic rings. The largest absolute Gasteiger partial charge is 0.573 e. The van der Waals surface area contributed by atoms with Crippen LogP contribution in [-0.2, 0) is 0 Å². The van der Waals surface area contributed by atoms with Crippen LogP contribution in [0.3, 0.4) is 0 Å². The number of anilines is 2. The van der Waals surface area contributed by atoms with E-state index < -0.39 is 6.36 Å². The lowest BCUT2D eigenvalue weighted by Crippen LogP contribution is -2.17. The second-order valence-electron chi connectivity index (χ2n) is 3.79. The van der Waals surface area contributed by atoms with Gasteiger partial charge in [-0.15, -0.1) is 13.2 Å². The molecule has 4 nitrogen and oxygen atoms in total. The summed E-state index contributed by atoms with van der Waals surface area (Å²) in [5, 5.41) is 2.91. The predicted molar refractivity (Wildman–Crippen MR) is 68.2 cm³/mol. The monoisotopic (exact) mass is 303 g/mol. The van der Waals surface area contributed by atoms with Gasteiger partial charge in [-0.25, -0.2) is 9.97 Å². The number of aryl methyl sites for hydroxylation is 1. The molecule has 8 heteroatoms. The molecule has 2 rings (SSSR count). The van der Waals surface area contributed by atoms with Gasteiger partial charge in [0, 0.05) is 6.07 Å². The molecule has 1 heterocycles. The summed E-state index contributed by atoms with van der Waals surface area (Å²) in [5.41, 5.74) is 0.124. The number of para-hydroxylation sites is 2. The highest BCUT2D eigenvalue weighted by Crippen LogP contribution is 2.31. The molecule has 0 saturated carbocycles. The third-order valence-electron chi connectivity index (χ3n) is 2.18. The second kappa shape index (κ2) is 5.54. The van der Waals surface area contributed by atoms with E-state index in [0.717, 1.165) is 0 Å². The van der Waals surface area contributed by atoms with Crippen LogP contribution in [-0.4, -0.2) is 16.3 Å². The zero-order valence-electron chi connectivity index (χ0n) is 10.2. The minimum Gasteiger partial charge on any atom is -0.404 e. The van der Waals surface area contributed by atoms with Gasteiger partial charge in [0.2, 0.25) is 0 Å². The van der Waals surface area contributed by atoms with Crippen molar-refractivity contribution in [3.8, 4) is 5.75 Å². The molecular weight excluding hydrogens is 295 g/mol. The van der Waals surface area contributed by atoms with Crippen molar-refractivity contribution in [3.05, 3.63) is 41.3 Å². The highest BCUT2D eigenvalue weighted by molar-refractivity contribution is 6.29. The van der Waals surface area contributed by atoms with Crippen LogP contribution < -0.4 is 10.1 Å². The quantitative estimate of drug-likeness (QED) is 0.868. The maximum Gasteiger partial charge on any atom is 0.573 e. The van der Waals surface area contributed by atoms with Crippen LogP contribution in [0.2, 0.25) is 5.15 Å². The van der Waals surface area contributed by atoms with Gasteiger partial charge in [-0.2, -0.15) is 0 Å². The Morgan fingerprint density at radius 2 is 1.90 bits per heavy atom. The Balaban J connectivity index is 2.29. The van der Waals surface area contributed by atoms with Crippen molar-refractivity contribution in [1.29, 1.82) is 0 Å². The van der Waals surface area contributed by atoms with Crippen LogP contribution >= 0.6 is 11.6 Å². The highest BCUT2D eigenvalue weighted by Gasteiger charge is 2.32. The Bertz CT molecular complexity index is 599. The van der Waals surface area contributed by atoms with Crippen molar-refractivity contribution in [2.75, 3.05) is 5.32 Å². The third-order valence-corrected chi connectivity index (χ3v) is 2.38. The predicted octanol–water partition coefficient (Wildman–Crippen LogP) is 4.08. The smallest absolute Gasteiger partial charge is 0.404 e. The summed E-state index contributed by atoms with van der Waals surface area (Å²) >= 11 is 5.76. The molecule has 20 heavy (non-hydrogen) atoms. The van der Waals surface area contributed by atoms with Crippen molar-refractivity contribution in [1.82, 2.24) is 9.97 Å². The molecule has 0 radical (unpaired) electrons. The SMILES string of the molecule is Cc1nc(Cl)cc(Nc2ccccc2OC(F)(F)F)n1. The Morgan fingerprint density at radius 3 is 2.55 bits per heavy atom. The standard InChI is InChI=1S/C12H9ClF3N3O/c1-7-17-10(13)6-11(18-7)19-8-4-2-3-5-9(8)20-12(14,15)16/h2-6H,1H3,(H,17,18,19). The van der Waals surface area contributed by atoms with E-state index in [0.29, 0.717) is 5.82 Å². The summed E-state index contributed by atoms with van der Waals surface area (Å²) in [6.45, 7) is 1.62. The number of aromatic nitrogens is 2. The molecule has 0 fully saturated rings. The van der Waals surface area contributed by atoms with Crippen LogP contribution in [0, 0.1) is 6.92 Å². The number of hydrogen-bond acceptors (Lipinski definition) is 4. The third kappa shape index (κ3) is 3.99. The average Bonchev–Trinajstić information content (AvgIpc) is 2.28. The van der Waals surface area contributed by atoms with Crippen molar-refractivity contribution in [2.24, 2.45) is 0 Å². The van der Waals surface area contributed by atoms with Crippen molar-refractivity contribution < 1.29 is 17.9 Å². The summed E-state index contributed by atoms with van der Waals surface area (Å²) in [6, 6.07) is 7.04. The summed E-state index contributed by atoms with van der Waals surface area (Å²) in [6.07, 6.45) is -4.77. The Kier molecular flexibility index (Phi) is 3.99. The van der Waals surface area contributed by atoms with Crippen molar-refractivity contribution in [2.45, 2.75) is 13.3 Å². The van der Waals surface area contributed by atoms with Gasteiger partial charge in [-0.05, 0) is 19.1 Å². The molecule has 0 saturated heterocycles. The molecule has 0 aliphatic heterocycles. The maximum atomic E-state index is 12.3. The van der Waals surface area contributed by atoms with Gasteiger partial charge in [0.25, 0.3) is 0 Å². The van der Waals surface area contributed by atoms with Crippen LogP contribution in [0.25, 0.3) is 0 Å². The summed E-state index contributed by atoms with van der Waals surface area (Å²) < 4.78 is 40.8. The van der Waals surface area contributed by atoms with Gasteiger partial charge in [-0.1, -0.05) is 23.7 Å². The normalized spacial score (nSPS) is 11.2. The molecule has 1 N–H and O–H groups in total. The zero-order chi connectivity index (χ0) is 14.8. The van der Waals surface area contributed by atoms with Gasteiger partial charge < -0.3 is 10.1 Å². The van der Waals surface area contributed by atoms with E-state index in [1.165, 1.54) is 24.3 Å². The highest BCUT2D eigenvalue weighted by atomic mass is 35.5. The topological polar surface area (TPSA) is 47.0 Å². The van der Waals surface area contributed by atoms with E-state index in [9.17, 15) is 13.2 Å². The molecule has 1 aromatic carbocycles. The molecule has 0 bridgehead atoms. The first-order valence-corrected chi connectivity index (χ1v) is 5.84. The Labute approximate surface area is 117 Å². The lowest BCUT2D eigenvalue weighted by molar-refractivity contribution is -0.274. The summed E-state index contributed by atoms with van der Waals surface area (Å²) in [5.74, 6) is 0.322. The molecule has 106 valence electrons. The van der Waals surface area contributed by atoms with E-state index in [1.54, 1.807) is 13.0 Å². The average molecular weight is 304 g/mol. The minimum atomic E-state index is -4.77. The molecule has 0 aliphatic carbocycles. The first kappa shape index (κ1) is 14.4. The fourth-order valence-corrected chi connectivity index (χ4v) is 1.74. The van der Waals surface area contributed by atoms with Gasteiger partial charge >= 0.3 is 6.36 Å². The second-order valence-corrected chi connectivity index (χ2v) is 4.18. The van der Waals surface area contributed by atoms with Crippen LogP contribution in [0.5, 0.6) is 5.75 Å². The minimum absolute atomic E-state index is 0.124. The van der Waals surface area contributed by atoms with Gasteiger partial charge in [0.1, 0.15) is 16.8 Å². The molecule has 0 spiro atoms. The number of halogens is 4. The van der Waals surface area contributed by atoms with Crippen molar-refractivity contribution >= 4 is 23.1 Å². The number of nitrogens with zero attached hydrogens (tertiary/aromatic N) is 2. The Hall–Kier alpha value is -2.02. The maximum absolute atomic E-state index is 12.3. The first-order valence-electron chi connectivity index (χ1n) is 5.46. The fourth-order valence-electron chi connectivity index (χ4n) is 1.52. The van der Waals surface area contributed by atoms with Crippen molar-refractivity contribution in [3.63, 3.8) is 0 Å². The van der Waals surface area contributed by atoms with Gasteiger partial charge in [0.05, 0.1) is 5.69 Å². The molecule has 0 unspecified atom stereocenters. The summed E-state index contributed by atoms with van der Waals surface area (Å²) in [7, 11) is 0. The van der Waals surface area contributed by atoms with Gasteiger partial charge in [-0.3, -0.25) is 0 Å². The van der Waals surface area contributed by atoms with E-state index in [4.69, 9.17) is 11.6 Å². The molecule has 0 amide bonds. The number of nitrogens with one attached hydrogen (secondary N) is 1. The number of hydrogen-bond donors (Lipinski definition) is 1. The number of alkyl halides is 3. The van der Waals surface area contributed by atoms with E-state index in [1.807, 2.05) is 0 Å². The Morgan fingerprint density at radius 1 is 1.20 bits per heavy atom. The first-order chi connectivity index (χ1) is 9.33. The van der Waals surface area contributed by atoms with Crippen LogP contribution in [0.15, 0.2) is 30.3 Å². The molecule has 0 aliphatic rings. The molecule has 1 aromatic heterocycles. The number of ether oxygens (including phenoxy) is 1. The number of rotatable bonds is 3. The van der Waals surface area contributed by atoms with Crippen LogP contribution in [0.1, 0.15) is 5.82 Å². The fraction of sp³-hybridized carbons (Fsp3) is 0.167. The lowest BCUT2D eigenvalue weighted by Gasteiger charge is -2.14. The van der Waals surface area contributed by atoms with Gasteiger partial charge in [0.15, 0.2) is 5.75 Å². The number of benzene rings is 1. The lowest BCUT2D eigenvalue weighted by atomic mass is 10.3. The van der Waals surface area contributed by atoms with E-state index >= 15 is 0 Å². The molecule has 0 atom stereocenters. The zero-order valence-corrected chi connectivity index (χ0v) is 11.0. The van der Waals surface area contributed by atoms with E-state index in [-0.39, 0.29) is 22.4 Å². The molecular formula is C12H9ClF3N3O. The summed E-state index contributed by atoms with van der Waals surface area (Å²) in [4.78, 5) is 7.88.